The Morgan fingerprint density at radius 1 is 1.27 bits per heavy atom. The quantitative estimate of drug-likeness (QED) is 0.618. The van der Waals surface area contributed by atoms with Crippen LogP contribution in [-0.2, 0) is 14.3 Å². The van der Waals surface area contributed by atoms with E-state index in [4.69, 9.17) is 15.2 Å². The van der Waals surface area contributed by atoms with Crippen LogP contribution in [0.3, 0.4) is 0 Å². The van der Waals surface area contributed by atoms with Crippen LogP contribution in [0.1, 0.15) is 13.8 Å². The van der Waals surface area contributed by atoms with Crippen LogP contribution < -0.4 is 11.1 Å². The molecule has 0 fully saturated rings. The van der Waals surface area contributed by atoms with Crippen molar-refractivity contribution in [2.45, 2.75) is 25.9 Å². The minimum Gasteiger partial charge on any atom is -0.383 e. The molecule has 0 aliphatic heterocycles. The summed E-state index contributed by atoms with van der Waals surface area (Å²) < 4.78 is 9.83. The van der Waals surface area contributed by atoms with Crippen LogP contribution in [0.5, 0.6) is 0 Å². The van der Waals surface area contributed by atoms with Crippen LogP contribution in [0.25, 0.3) is 0 Å². The lowest BCUT2D eigenvalue weighted by atomic mass is 10.1. The molecule has 0 spiro atoms. The summed E-state index contributed by atoms with van der Waals surface area (Å²) in [5, 5.41) is 2.83. The van der Waals surface area contributed by atoms with Crippen molar-refractivity contribution in [1.82, 2.24) is 5.32 Å². The first kappa shape index (κ1) is 14.3. The largest absolute Gasteiger partial charge is 0.383 e. The lowest BCUT2D eigenvalue weighted by molar-refractivity contribution is -0.124. The highest BCUT2D eigenvalue weighted by atomic mass is 16.5. The number of nitrogens with one attached hydrogen (secondary N) is 1. The molecule has 0 aliphatic carbocycles. The van der Waals surface area contributed by atoms with Gasteiger partial charge < -0.3 is 20.5 Å². The van der Waals surface area contributed by atoms with Gasteiger partial charge in [0.1, 0.15) is 6.04 Å². The molecular formula is C10H22N2O3. The maximum atomic E-state index is 11.6. The zero-order valence-corrected chi connectivity index (χ0v) is 9.95. The number of methoxy groups -OCH3 is 2. The van der Waals surface area contributed by atoms with E-state index in [1.165, 1.54) is 7.11 Å². The Morgan fingerprint density at radius 2 is 1.80 bits per heavy atom. The van der Waals surface area contributed by atoms with Crippen molar-refractivity contribution in [3.8, 4) is 0 Å². The predicted molar refractivity (Wildman–Crippen MR) is 58.5 cm³/mol. The minimum absolute atomic E-state index is 0.00888. The number of carbonyl (C=O) groups excluding carboxylic acids is 1. The second-order valence-corrected chi connectivity index (χ2v) is 3.88. The standard InChI is InChI=1S/C10H22N2O3/c1-7(2)9(6-15-4)12-10(13)8(11)5-14-3/h7-9H,5-6,11H2,1-4H3,(H,12,13). The van der Waals surface area contributed by atoms with E-state index in [0.717, 1.165) is 0 Å². The van der Waals surface area contributed by atoms with Gasteiger partial charge in [0.05, 0.1) is 19.3 Å². The number of hydrogen-bond acceptors (Lipinski definition) is 4. The summed E-state index contributed by atoms with van der Waals surface area (Å²) in [6.07, 6.45) is 0. The Bertz CT molecular complexity index is 186. The van der Waals surface area contributed by atoms with Gasteiger partial charge in [0.15, 0.2) is 0 Å². The highest BCUT2D eigenvalue weighted by molar-refractivity contribution is 5.81. The molecule has 0 rings (SSSR count). The van der Waals surface area contributed by atoms with Crippen molar-refractivity contribution in [3.63, 3.8) is 0 Å². The van der Waals surface area contributed by atoms with E-state index in [1.54, 1.807) is 7.11 Å². The van der Waals surface area contributed by atoms with Gasteiger partial charge in [0.2, 0.25) is 5.91 Å². The second-order valence-electron chi connectivity index (χ2n) is 3.88. The Hall–Kier alpha value is -0.650. The van der Waals surface area contributed by atoms with Gasteiger partial charge >= 0.3 is 0 Å². The first-order chi connectivity index (χ1) is 7.02. The van der Waals surface area contributed by atoms with E-state index in [2.05, 4.69) is 5.32 Å². The molecule has 2 unspecified atom stereocenters. The molecule has 0 radical (unpaired) electrons. The van der Waals surface area contributed by atoms with Crippen molar-refractivity contribution in [2.75, 3.05) is 27.4 Å². The van der Waals surface area contributed by atoms with E-state index in [1.807, 2.05) is 13.8 Å². The molecule has 0 aromatic heterocycles. The van der Waals surface area contributed by atoms with Gasteiger partial charge in [-0.15, -0.1) is 0 Å². The minimum atomic E-state index is -0.617. The summed E-state index contributed by atoms with van der Waals surface area (Å²) in [7, 11) is 3.12. The van der Waals surface area contributed by atoms with Crippen molar-refractivity contribution in [1.29, 1.82) is 0 Å². The monoisotopic (exact) mass is 218 g/mol. The van der Waals surface area contributed by atoms with Gasteiger partial charge in [0, 0.05) is 14.2 Å². The lowest BCUT2D eigenvalue weighted by Gasteiger charge is -2.23. The summed E-state index contributed by atoms with van der Waals surface area (Å²) in [5.41, 5.74) is 5.59. The average Bonchev–Trinajstić information content (AvgIpc) is 2.17. The van der Waals surface area contributed by atoms with E-state index in [9.17, 15) is 4.79 Å². The van der Waals surface area contributed by atoms with Crippen LogP contribution in [0, 0.1) is 5.92 Å². The molecule has 0 heterocycles. The van der Waals surface area contributed by atoms with Crippen molar-refractivity contribution >= 4 is 5.91 Å². The molecule has 0 saturated carbocycles. The third kappa shape index (κ3) is 5.71. The molecule has 1 amide bonds. The van der Waals surface area contributed by atoms with Crippen molar-refractivity contribution in [3.05, 3.63) is 0 Å². The molecule has 5 heteroatoms. The first-order valence-electron chi connectivity index (χ1n) is 5.06. The van der Waals surface area contributed by atoms with Gasteiger partial charge in [-0.1, -0.05) is 13.8 Å². The van der Waals surface area contributed by atoms with Gasteiger partial charge in [-0.25, -0.2) is 0 Å². The normalized spacial score (nSPS) is 15.1. The van der Waals surface area contributed by atoms with E-state index in [0.29, 0.717) is 12.5 Å². The molecule has 0 aromatic carbocycles. The Kier molecular flexibility index (Phi) is 7.29. The van der Waals surface area contributed by atoms with Gasteiger partial charge in [-0.2, -0.15) is 0 Å². The summed E-state index contributed by atoms with van der Waals surface area (Å²) in [5.74, 6) is 0.108. The maximum Gasteiger partial charge on any atom is 0.239 e. The average molecular weight is 218 g/mol. The fourth-order valence-electron chi connectivity index (χ4n) is 1.13. The molecule has 2 atom stereocenters. The smallest absolute Gasteiger partial charge is 0.239 e. The van der Waals surface area contributed by atoms with Gasteiger partial charge in [0.25, 0.3) is 0 Å². The Labute approximate surface area is 91.3 Å². The molecule has 0 saturated heterocycles. The summed E-state index contributed by atoms with van der Waals surface area (Å²) in [6.45, 7) is 4.75. The molecule has 15 heavy (non-hydrogen) atoms. The molecule has 0 bridgehead atoms. The van der Waals surface area contributed by atoms with Crippen LogP contribution in [0.15, 0.2) is 0 Å². The topological polar surface area (TPSA) is 73.6 Å². The summed E-state index contributed by atoms with van der Waals surface area (Å²) >= 11 is 0. The Balaban J connectivity index is 4.09. The molecule has 0 aliphatic rings. The van der Waals surface area contributed by atoms with Crippen LogP contribution in [0.4, 0.5) is 0 Å². The third-order valence-electron chi connectivity index (χ3n) is 2.16. The second kappa shape index (κ2) is 7.62. The summed E-state index contributed by atoms with van der Waals surface area (Å²) in [4.78, 5) is 11.6. The van der Waals surface area contributed by atoms with Crippen LogP contribution in [0.2, 0.25) is 0 Å². The van der Waals surface area contributed by atoms with Crippen molar-refractivity contribution in [2.24, 2.45) is 11.7 Å². The van der Waals surface area contributed by atoms with E-state index < -0.39 is 6.04 Å². The number of amides is 1. The zero-order chi connectivity index (χ0) is 11.8. The predicted octanol–water partition coefficient (Wildman–Crippen LogP) is -0.253. The summed E-state index contributed by atoms with van der Waals surface area (Å²) in [6, 6.07) is -0.626. The number of rotatable bonds is 7. The molecule has 5 nitrogen and oxygen atoms in total. The van der Waals surface area contributed by atoms with Gasteiger partial charge in [-0.3, -0.25) is 4.79 Å². The number of ether oxygens (including phenoxy) is 2. The molecule has 0 aromatic rings. The number of hydrogen-bond donors (Lipinski definition) is 2. The number of nitrogens with two attached hydrogens (primary N) is 1. The van der Waals surface area contributed by atoms with Crippen LogP contribution in [-0.4, -0.2) is 45.4 Å². The Morgan fingerprint density at radius 3 is 2.20 bits per heavy atom. The highest BCUT2D eigenvalue weighted by Crippen LogP contribution is 2.02. The first-order valence-corrected chi connectivity index (χ1v) is 5.06. The lowest BCUT2D eigenvalue weighted by Crippen LogP contribution is -2.50. The fourth-order valence-corrected chi connectivity index (χ4v) is 1.13. The SMILES string of the molecule is COCC(N)C(=O)NC(COC)C(C)C. The van der Waals surface area contributed by atoms with Crippen molar-refractivity contribution < 1.29 is 14.3 Å². The fraction of sp³-hybridized carbons (Fsp3) is 0.900. The molecule has 90 valence electrons. The van der Waals surface area contributed by atoms with E-state index >= 15 is 0 Å². The maximum absolute atomic E-state index is 11.6. The zero-order valence-electron chi connectivity index (χ0n) is 9.95. The number of carbonyl (C=O) groups is 1. The van der Waals surface area contributed by atoms with E-state index in [-0.39, 0.29) is 18.6 Å². The molecule has 3 N–H and O–H groups in total. The van der Waals surface area contributed by atoms with Crippen LogP contribution >= 0.6 is 0 Å². The third-order valence-corrected chi connectivity index (χ3v) is 2.16. The van der Waals surface area contributed by atoms with Gasteiger partial charge in [-0.05, 0) is 5.92 Å². The molecular weight excluding hydrogens is 196 g/mol. The highest BCUT2D eigenvalue weighted by Gasteiger charge is 2.20.